The molecule has 1 fully saturated rings. The van der Waals surface area contributed by atoms with Crippen LogP contribution < -0.4 is 4.90 Å². The van der Waals surface area contributed by atoms with Gasteiger partial charge in [-0.15, -0.1) is 5.10 Å². The lowest BCUT2D eigenvalue weighted by Gasteiger charge is -2.34. The monoisotopic (exact) mass is 408 g/mol. The van der Waals surface area contributed by atoms with Crippen molar-refractivity contribution in [3.05, 3.63) is 65.6 Å². The lowest BCUT2D eigenvalue weighted by Crippen LogP contribution is -2.49. The number of piperazine rings is 1. The number of aromatic nitrogens is 4. The van der Waals surface area contributed by atoms with Crippen molar-refractivity contribution in [1.29, 1.82) is 0 Å². The molecule has 30 heavy (non-hydrogen) atoms. The number of para-hydroxylation sites is 1. The molecule has 0 radical (unpaired) electrons. The van der Waals surface area contributed by atoms with Gasteiger partial charge < -0.3 is 9.80 Å². The third-order valence-electron chi connectivity index (χ3n) is 5.35. The topological polar surface area (TPSA) is 67.2 Å². The van der Waals surface area contributed by atoms with E-state index in [2.05, 4.69) is 35.0 Å². The first kappa shape index (κ1) is 20.0. The summed E-state index contributed by atoms with van der Waals surface area (Å²) in [7, 11) is 0. The molecule has 1 aliphatic heterocycles. The third-order valence-corrected chi connectivity index (χ3v) is 5.35. The van der Waals surface area contributed by atoms with Crippen LogP contribution in [0.25, 0.3) is 5.69 Å². The minimum Gasteiger partial charge on any atom is -0.353 e. The molecule has 0 unspecified atom stereocenters. The van der Waals surface area contributed by atoms with Crippen LogP contribution in [0.4, 0.5) is 10.2 Å². The lowest BCUT2D eigenvalue weighted by atomic mass is 10.0. The normalized spacial score (nSPS) is 14.4. The summed E-state index contributed by atoms with van der Waals surface area (Å²) in [5.74, 6) is 1.40. The van der Waals surface area contributed by atoms with E-state index >= 15 is 0 Å². The Morgan fingerprint density at radius 1 is 1.07 bits per heavy atom. The van der Waals surface area contributed by atoms with Crippen molar-refractivity contribution >= 4 is 11.7 Å². The molecule has 1 saturated heterocycles. The number of hydrogen-bond donors (Lipinski definition) is 0. The molecule has 0 saturated carbocycles. The van der Waals surface area contributed by atoms with Crippen LogP contribution in [0.5, 0.6) is 0 Å². The minimum absolute atomic E-state index is 0.175. The van der Waals surface area contributed by atoms with Crippen molar-refractivity contribution in [2.45, 2.75) is 26.7 Å². The van der Waals surface area contributed by atoms with E-state index in [1.54, 1.807) is 15.6 Å². The summed E-state index contributed by atoms with van der Waals surface area (Å²) in [6, 6.07) is 11.1. The molecule has 2 aromatic heterocycles. The summed E-state index contributed by atoms with van der Waals surface area (Å²) in [5, 5.41) is 4.53. The average molecular weight is 408 g/mol. The number of anilines is 1. The van der Waals surface area contributed by atoms with Gasteiger partial charge in [0.05, 0.1) is 11.9 Å². The molecule has 1 aromatic carbocycles. The summed E-state index contributed by atoms with van der Waals surface area (Å²) in [4.78, 5) is 25.4. The molecule has 0 bridgehead atoms. The minimum atomic E-state index is -0.358. The Labute approximate surface area is 175 Å². The van der Waals surface area contributed by atoms with E-state index in [0.29, 0.717) is 43.7 Å². The predicted molar refractivity (Wildman–Crippen MR) is 112 cm³/mol. The number of pyridine rings is 1. The van der Waals surface area contributed by atoms with E-state index in [0.717, 1.165) is 11.3 Å². The van der Waals surface area contributed by atoms with Crippen LogP contribution in [0, 0.1) is 12.7 Å². The zero-order valence-electron chi connectivity index (χ0n) is 17.4. The number of nitrogens with zero attached hydrogens (tertiary/aromatic N) is 6. The van der Waals surface area contributed by atoms with Crippen LogP contribution in [0.15, 0.2) is 42.6 Å². The Morgan fingerprint density at radius 2 is 1.80 bits per heavy atom. The predicted octanol–water partition coefficient (Wildman–Crippen LogP) is 3.20. The van der Waals surface area contributed by atoms with Crippen molar-refractivity contribution in [1.82, 2.24) is 24.6 Å². The molecule has 0 aliphatic carbocycles. The third kappa shape index (κ3) is 3.90. The molecule has 1 amide bonds. The standard InChI is InChI=1S/C22H25FN6O/c1-15(2)18-6-4-5-7-19(18)29-16(3)25-21(26-29)22(30)28-12-10-27(11-13-28)20-9-8-17(23)14-24-20/h4-9,14-15H,10-13H2,1-3H3. The van der Waals surface area contributed by atoms with Crippen LogP contribution in [-0.2, 0) is 0 Å². The molecular formula is C22H25FN6O. The molecule has 0 N–H and O–H groups in total. The van der Waals surface area contributed by atoms with E-state index in [1.165, 1.54) is 12.3 Å². The fourth-order valence-corrected chi connectivity index (χ4v) is 3.71. The Kier molecular flexibility index (Phi) is 5.48. The molecule has 3 heterocycles. The quantitative estimate of drug-likeness (QED) is 0.663. The number of carbonyl (C=O) groups is 1. The second-order valence-electron chi connectivity index (χ2n) is 7.72. The number of amides is 1. The van der Waals surface area contributed by atoms with Crippen molar-refractivity contribution in [2.75, 3.05) is 31.1 Å². The SMILES string of the molecule is Cc1nc(C(=O)N2CCN(c3ccc(F)cn3)CC2)nn1-c1ccccc1C(C)C. The second kappa shape index (κ2) is 8.22. The summed E-state index contributed by atoms with van der Waals surface area (Å²) >= 11 is 0. The van der Waals surface area contributed by atoms with Crippen molar-refractivity contribution in [3.8, 4) is 5.69 Å². The van der Waals surface area contributed by atoms with Crippen molar-refractivity contribution in [3.63, 3.8) is 0 Å². The highest BCUT2D eigenvalue weighted by Gasteiger charge is 2.26. The second-order valence-corrected chi connectivity index (χ2v) is 7.72. The van der Waals surface area contributed by atoms with Gasteiger partial charge in [-0.25, -0.2) is 19.0 Å². The van der Waals surface area contributed by atoms with Gasteiger partial charge in [-0.3, -0.25) is 4.79 Å². The Hall–Kier alpha value is -3.29. The maximum absolute atomic E-state index is 13.1. The first-order valence-corrected chi connectivity index (χ1v) is 10.1. The molecule has 7 nitrogen and oxygen atoms in total. The Bertz CT molecular complexity index is 1040. The summed E-state index contributed by atoms with van der Waals surface area (Å²) in [5.41, 5.74) is 2.11. The maximum atomic E-state index is 13.1. The zero-order valence-corrected chi connectivity index (χ0v) is 17.4. The van der Waals surface area contributed by atoms with Gasteiger partial charge in [0.1, 0.15) is 17.5 Å². The largest absolute Gasteiger partial charge is 0.353 e. The fourth-order valence-electron chi connectivity index (χ4n) is 3.71. The van der Waals surface area contributed by atoms with Gasteiger partial charge in [-0.2, -0.15) is 0 Å². The molecular weight excluding hydrogens is 383 g/mol. The van der Waals surface area contributed by atoms with E-state index in [9.17, 15) is 9.18 Å². The highest BCUT2D eigenvalue weighted by Crippen LogP contribution is 2.23. The van der Waals surface area contributed by atoms with Gasteiger partial charge in [0, 0.05) is 26.2 Å². The van der Waals surface area contributed by atoms with Crippen molar-refractivity contribution < 1.29 is 9.18 Å². The van der Waals surface area contributed by atoms with Gasteiger partial charge in [-0.1, -0.05) is 32.0 Å². The molecule has 1 aliphatic rings. The van der Waals surface area contributed by atoms with Crippen LogP contribution in [-0.4, -0.2) is 56.7 Å². The smallest absolute Gasteiger partial charge is 0.293 e. The van der Waals surface area contributed by atoms with Gasteiger partial charge in [0.2, 0.25) is 5.82 Å². The van der Waals surface area contributed by atoms with Gasteiger partial charge >= 0.3 is 0 Å². The van der Waals surface area contributed by atoms with E-state index in [1.807, 2.05) is 30.0 Å². The number of carbonyl (C=O) groups excluding carboxylic acids is 1. The number of halogens is 1. The van der Waals surface area contributed by atoms with Crippen molar-refractivity contribution in [2.24, 2.45) is 0 Å². The molecule has 4 rings (SSSR count). The van der Waals surface area contributed by atoms with Crippen LogP contribution in [0.2, 0.25) is 0 Å². The average Bonchev–Trinajstić information content (AvgIpc) is 3.15. The number of benzene rings is 1. The lowest BCUT2D eigenvalue weighted by molar-refractivity contribution is 0.0734. The van der Waals surface area contributed by atoms with Gasteiger partial charge in [0.15, 0.2) is 0 Å². The Balaban J connectivity index is 1.49. The maximum Gasteiger partial charge on any atom is 0.293 e. The highest BCUT2D eigenvalue weighted by molar-refractivity contribution is 5.90. The molecule has 3 aromatic rings. The first-order chi connectivity index (χ1) is 14.4. The molecule has 0 atom stereocenters. The molecule has 0 spiro atoms. The van der Waals surface area contributed by atoms with E-state index in [-0.39, 0.29) is 17.5 Å². The van der Waals surface area contributed by atoms with Gasteiger partial charge in [-0.05, 0) is 36.6 Å². The van der Waals surface area contributed by atoms with Crippen LogP contribution >= 0.6 is 0 Å². The number of aryl methyl sites for hydroxylation is 1. The highest BCUT2D eigenvalue weighted by atomic mass is 19.1. The van der Waals surface area contributed by atoms with E-state index in [4.69, 9.17) is 0 Å². The molecule has 8 heteroatoms. The fraction of sp³-hybridized carbons (Fsp3) is 0.364. The summed E-state index contributed by atoms with van der Waals surface area (Å²) in [6.07, 6.45) is 1.21. The zero-order chi connectivity index (χ0) is 21.3. The first-order valence-electron chi connectivity index (χ1n) is 10.1. The van der Waals surface area contributed by atoms with Crippen LogP contribution in [0.1, 0.15) is 41.8 Å². The summed E-state index contributed by atoms with van der Waals surface area (Å²) < 4.78 is 14.8. The van der Waals surface area contributed by atoms with E-state index < -0.39 is 0 Å². The number of rotatable bonds is 4. The Morgan fingerprint density at radius 3 is 2.47 bits per heavy atom. The number of hydrogen-bond acceptors (Lipinski definition) is 5. The van der Waals surface area contributed by atoms with Crippen LogP contribution in [0.3, 0.4) is 0 Å². The van der Waals surface area contributed by atoms with Gasteiger partial charge in [0.25, 0.3) is 5.91 Å². The summed E-state index contributed by atoms with van der Waals surface area (Å²) in [6.45, 7) is 8.45. The molecule has 156 valence electrons.